The lowest BCUT2D eigenvalue weighted by atomic mass is 10.00. The molecule has 0 spiro atoms. The quantitative estimate of drug-likeness (QED) is 0.608. The number of nitrogens with zero attached hydrogens (tertiary/aromatic N) is 3. The van der Waals surface area contributed by atoms with Gasteiger partial charge < -0.3 is 14.8 Å². The van der Waals surface area contributed by atoms with E-state index >= 15 is 0 Å². The lowest BCUT2D eigenvalue weighted by Crippen LogP contribution is -2.52. The standard InChI is InChI=1S/C22H21ClF2N4O/c1-13(30)29-11-19-27-20(14-4-6-15(24)7-5-14)21(28(19)12-22(29,2)3)26-16-8-9-18(25)17(23)10-16/h4-10,26H,11-12H2,1-3H3. The second-order valence-electron chi connectivity index (χ2n) is 7.99. The molecule has 1 aromatic heterocycles. The highest BCUT2D eigenvalue weighted by Gasteiger charge is 2.37. The number of aromatic nitrogens is 2. The lowest BCUT2D eigenvalue weighted by Gasteiger charge is -2.42. The fourth-order valence-corrected chi connectivity index (χ4v) is 3.98. The molecule has 2 heterocycles. The van der Waals surface area contributed by atoms with Crippen LogP contribution >= 0.6 is 11.6 Å². The van der Waals surface area contributed by atoms with Crippen molar-refractivity contribution < 1.29 is 13.6 Å². The Labute approximate surface area is 178 Å². The van der Waals surface area contributed by atoms with Gasteiger partial charge in [0.25, 0.3) is 0 Å². The second kappa shape index (κ2) is 7.40. The van der Waals surface area contributed by atoms with Crippen molar-refractivity contribution in [3.05, 3.63) is 64.9 Å². The van der Waals surface area contributed by atoms with Crippen LogP contribution in [-0.2, 0) is 17.9 Å². The predicted octanol–water partition coefficient (Wildman–Crippen LogP) is 5.37. The zero-order valence-corrected chi connectivity index (χ0v) is 17.6. The van der Waals surface area contributed by atoms with Crippen molar-refractivity contribution in [1.29, 1.82) is 0 Å². The second-order valence-corrected chi connectivity index (χ2v) is 8.40. The summed E-state index contributed by atoms with van der Waals surface area (Å²) in [4.78, 5) is 18.7. The highest BCUT2D eigenvalue weighted by atomic mass is 35.5. The maximum absolute atomic E-state index is 13.6. The highest BCUT2D eigenvalue weighted by molar-refractivity contribution is 6.31. The monoisotopic (exact) mass is 430 g/mol. The number of benzene rings is 2. The zero-order chi connectivity index (χ0) is 21.6. The summed E-state index contributed by atoms with van der Waals surface area (Å²) < 4.78 is 29.1. The van der Waals surface area contributed by atoms with Gasteiger partial charge in [0.05, 0.1) is 17.1 Å². The van der Waals surface area contributed by atoms with Gasteiger partial charge in [-0.3, -0.25) is 4.79 Å². The summed E-state index contributed by atoms with van der Waals surface area (Å²) in [5.74, 6) is 0.508. The number of rotatable bonds is 3. The molecule has 5 nitrogen and oxygen atoms in total. The van der Waals surface area contributed by atoms with Gasteiger partial charge in [0.1, 0.15) is 29.0 Å². The van der Waals surface area contributed by atoms with E-state index in [1.165, 1.54) is 24.3 Å². The largest absolute Gasteiger partial charge is 0.340 e. The van der Waals surface area contributed by atoms with Crippen LogP contribution in [0, 0.1) is 11.6 Å². The van der Waals surface area contributed by atoms with Gasteiger partial charge in [-0.15, -0.1) is 0 Å². The Hall–Kier alpha value is -2.93. The molecule has 2 aromatic carbocycles. The van der Waals surface area contributed by atoms with E-state index in [9.17, 15) is 13.6 Å². The third kappa shape index (κ3) is 3.65. The first kappa shape index (κ1) is 20.3. The summed E-state index contributed by atoms with van der Waals surface area (Å²) in [5.41, 5.74) is 1.50. The van der Waals surface area contributed by atoms with Crippen LogP contribution in [0.15, 0.2) is 42.5 Å². The predicted molar refractivity (Wildman–Crippen MR) is 113 cm³/mol. The summed E-state index contributed by atoms with van der Waals surface area (Å²) in [6, 6.07) is 10.4. The lowest BCUT2D eigenvalue weighted by molar-refractivity contribution is -0.136. The summed E-state index contributed by atoms with van der Waals surface area (Å²) in [7, 11) is 0. The maximum Gasteiger partial charge on any atom is 0.220 e. The van der Waals surface area contributed by atoms with Crippen LogP contribution in [0.3, 0.4) is 0 Å². The zero-order valence-electron chi connectivity index (χ0n) is 16.8. The molecule has 1 amide bonds. The van der Waals surface area contributed by atoms with Gasteiger partial charge in [0, 0.05) is 24.7 Å². The third-order valence-electron chi connectivity index (χ3n) is 5.30. The van der Waals surface area contributed by atoms with Crippen molar-refractivity contribution >= 4 is 29.0 Å². The van der Waals surface area contributed by atoms with E-state index in [-0.39, 0.29) is 16.7 Å². The average Bonchev–Trinajstić information content (AvgIpc) is 3.00. The van der Waals surface area contributed by atoms with E-state index in [2.05, 4.69) is 5.32 Å². The van der Waals surface area contributed by atoms with Crippen LogP contribution in [0.2, 0.25) is 5.02 Å². The Morgan fingerprint density at radius 2 is 1.87 bits per heavy atom. The molecule has 0 saturated carbocycles. The van der Waals surface area contributed by atoms with Gasteiger partial charge in [-0.2, -0.15) is 0 Å². The number of carbonyl (C=O) groups is 1. The van der Waals surface area contributed by atoms with E-state index in [0.717, 1.165) is 5.56 Å². The van der Waals surface area contributed by atoms with Crippen LogP contribution < -0.4 is 5.32 Å². The smallest absolute Gasteiger partial charge is 0.220 e. The third-order valence-corrected chi connectivity index (χ3v) is 5.59. The van der Waals surface area contributed by atoms with Gasteiger partial charge in [-0.25, -0.2) is 13.8 Å². The molecule has 4 rings (SSSR count). The van der Waals surface area contributed by atoms with E-state index in [0.29, 0.717) is 36.1 Å². The summed E-state index contributed by atoms with van der Waals surface area (Å²) in [6.45, 7) is 6.39. The molecule has 8 heteroatoms. The van der Waals surface area contributed by atoms with Gasteiger partial charge in [-0.05, 0) is 56.3 Å². The van der Waals surface area contributed by atoms with Gasteiger partial charge in [0.15, 0.2) is 0 Å². The number of carbonyl (C=O) groups excluding carboxylic acids is 1. The Kier molecular flexibility index (Phi) is 5.02. The Bertz CT molecular complexity index is 1120. The average molecular weight is 431 g/mol. The molecule has 0 unspecified atom stereocenters. The van der Waals surface area contributed by atoms with Crippen LogP contribution in [-0.4, -0.2) is 25.9 Å². The number of nitrogens with one attached hydrogen (secondary N) is 1. The van der Waals surface area contributed by atoms with E-state index in [1.54, 1.807) is 30.0 Å². The molecule has 30 heavy (non-hydrogen) atoms. The molecule has 0 radical (unpaired) electrons. The number of anilines is 2. The summed E-state index contributed by atoms with van der Waals surface area (Å²) in [6.07, 6.45) is 0. The molecule has 0 atom stereocenters. The number of imidazole rings is 1. The highest BCUT2D eigenvalue weighted by Crippen LogP contribution is 2.37. The number of hydrogen-bond donors (Lipinski definition) is 1. The minimum Gasteiger partial charge on any atom is -0.340 e. The van der Waals surface area contributed by atoms with Crippen LogP contribution in [0.1, 0.15) is 26.6 Å². The van der Waals surface area contributed by atoms with Gasteiger partial charge in [0.2, 0.25) is 5.91 Å². The Balaban J connectivity index is 1.85. The number of fused-ring (bicyclic) bond motifs is 1. The molecule has 156 valence electrons. The van der Waals surface area contributed by atoms with Crippen LogP contribution in [0.5, 0.6) is 0 Å². The molecule has 3 aromatic rings. The number of hydrogen-bond acceptors (Lipinski definition) is 3. The van der Waals surface area contributed by atoms with Crippen LogP contribution in [0.4, 0.5) is 20.3 Å². The molecule has 0 aliphatic carbocycles. The maximum atomic E-state index is 13.6. The molecule has 1 aliphatic heterocycles. The van der Waals surface area contributed by atoms with Crippen molar-refractivity contribution in [2.24, 2.45) is 0 Å². The molecule has 1 N–H and O–H groups in total. The molecular weight excluding hydrogens is 410 g/mol. The van der Waals surface area contributed by atoms with Gasteiger partial charge >= 0.3 is 0 Å². The molecule has 0 bridgehead atoms. The minimum absolute atomic E-state index is 0.00444. The van der Waals surface area contributed by atoms with Gasteiger partial charge in [-0.1, -0.05) is 11.6 Å². The Morgan fingerprint density at radius 3 is 2.50 bits per heavy atom. The molecule has 1 aliphatic rings. The molecule has 0 fully saturated rings. The fraction of sp³-hybridized carbons (Fsp3) is 0.273. The minimum atomic E-state index is -0.505. The summed E-state index contributed by atoms with van der Waals surface area (Å²) >= 11 is 5.95. The number of amides is 1. The summed E-state index contributed by atoms with van der Waals surface area (Å²) in [5, 5.41) is 3.30. The van der Waals surface area contributed by atoms with Crippen molar-refractivity contribution in [3.63, 3.8) is 0 Å². The first-order valence-electron chi connectivity index (χ1n) is 9.51. The van der Waals surface area contributed by atoms with Crippen LogP contribution in [0.25, 0.3) is 11.3 Å². The van der Waals surface area contributed by atoms with E-state index in [1.807, 2.05) is 18.4 Å². The van der Waals surface area contributed by atoms with Crippen molar-refractivity contribution in [1.82, 2.24) is 14.5 Å². The molecule has 0 saturated heterocycles. The van der Waals surface area contributed by atoms with Crippen molar-refractivity contribution in [3.8, 4) is 11.3 Å². The normalized spacial score (nSPS) is 15.1. The molecular formula is C22H21ClF2N4O. The first-order chi connectivity index (χ1) is 14.2. The van der Waals surface area contributed by atoms with Crippen molar-refractivity contribution in [2.45, 2.75) is 39.4 Å². The van der Waals surface area contributed by atoms with E-state index in [4.69, 9.17) is 16.6 Å². The SMILES string of the molecule is CC(=O)N1Cc2nc(-c3ccc(F)cc3)c(Nc3ccc(F)c(Cl)c3)n2CC1(C)C. The number of halogens is 3. The Morgan fingerprint density at radius 1 is 1.17 bits per heavy atom. The topological polar surface area (TPSA) is 50.2 Å². The first-order valence-corrected chi connectivity index (χ1v) is 9.89. The fourth-order valence-electron chi connectivity index (χ4n) is 3.80. The van der Waals surface area contributed by atoms with Crippen molar-refractivity contribution in [2.75, 3.05) is 5.32 Å². The van der Waals surface area contributed by atoms with E-state index < -0.39 is 11.4 Å².